The standard InChI is InChI=1S/C19H21N3O3S/c1-13-8-14(2)19(15(3)9-13)21-18(23)12-22(4)26(24,25)17-7-5-6-16(10-17)11-20/h5-10H,12H2,1-4H3,(H,21,23). The van der Waals surface area contributed by atoms with Crippen LogP contribution in [0.25, 0.3) is 0 Å². The van der Waals surface area contributed by atoms with Gasteiger partial charge in [-0.15, -0.1) is 0 Å². The van der Waals surface area contributed by atoms with Crippen LogP contribution in [0, 0.1) is 32.1 Å². The number of amides is 1. The molecule has 0 aromatic heterocycles. The van der Waals surface area contributed by atoms with Crippen LogP contribution in [0.3, 0.4) is 0 Å². The second-order valence-electron chi connectivity index (χ2n) is 6.22. The molecule has 0 saturated carbocycles. The Labute approximate surface area is 154 Å². The smallest absolute Gasteiger partial charge is 0.243 e. The van der Waals surface area contributed by atoms with Crippen molar-refractivity contribution in [1.82, 2.24) is 4.31 Å². The van der Waals surface area contributed by atoms with E-state index in [-0.39, 0.29) is 17.0 Å². The molecule has 7 heteroatoms. The molecule has 136 valence electrons. The number of sulfonamides is 1. The summed E-state index contributed by atoms with van der Waals surface area (Å²) in [7, 11) is -2.53. The van der Waals surface area contributed by atoms with Gasteiger partial charge in [0.15, 0.2) is 0 Å². The average Bonchev–Trinajstić information content (AvgIpc) is 2.58. The molecule has 2 aromatic rings. The summed E-state index contributed by atoms with van der Waals surface area (Å²) in [4.78, 5) is 12.3. The molecule has 0 saturated heterocycles. The summed E-state index contributed by atoms with van der Waals surface area (Å²) < 4.78 is 26.2. The predicted molar refractivity (Wildman–Crippen MR) is 100 cm³/mol. The molecule has 0 unspecified atom stereocenters. The Morgan fingerprint density at radius 1 is 1.15 bits per heavy atom. The van der Waals surface area contributed by atoms with Crippen molar-refractivity contribution in [1.29, 1.82) is 5.26 Å². The molecule has 2 aromatic carbocycles. The van der Waals surface area contributed by atoms with E-state index in [1.165, 1.54) is 31.3 Å². The van der Waals surface area contributed by atoms with E-state index in [1.54, 1.807) is 0 Å². The molecule has 26 heavy (non-hydrogen) atoms. The lowest BCUT2D eigenvalue weighted by Crippen LogP contribution is -2.35. The molecule has 1 amide bonds. The van der Waals surface area contributed by atoms with Gasteiger partial charge in [0, 0.05) is 12.7 Å². The fraction of sp³-hybridized carbons (Fsp3) is 0.263. The lowest BCUT2D eigenvalue weighted by atomic mass is 10.1. The number of nitrogens with zero attached hydrogens (tertiary/aromatic N) is 2. The number of benzene rings is 2. The van der Waals surface area contributed by atoms with Gasteiger partial charge in [0.05, 0.1) is 23.1 Å². The largest absolute Gasteiger partial charge is 0.324 e. The van der Waals surface area contributed by atoms with E-state index < -0.39 is 15.9 Å². The summed E-state index contributed by atoms with van der Waals surface area (Å²) >= 11 is 0. The van der Waals surface area contributed by atoms with Crippen molar-refractivity contribution in [3.63, 3.8) is 0 Å². The first-order chi connectivity index (χ1) is 12.1. The van der Waals surface area contributed by atoms with E-state index >= 15 is 0 Å². The van der Waals surface area contributed by atoms with Crippen LogP contribution in [0.1, 0.15) is 22.3 Å². The highest BCUT2D eigenvalue weighted by Gasteiger charge is 2.23. The molecule has 0 aliphatic carbocycles. The van der Waals surface area contributed by atoms with Crippen LogP contribution in [0.4, 0.5) is 5.69 Å². The number of likely N-dealkylation sites (N-methyl/N-ethyl adjacent to an activating group) is 1. The Hall–Kier alpha value is -2.69. The molecule has 0 fully saturated rings. The zero-order valence-corrected chi connectivity index (χ0v) is 16.0. The molecule has 1 N–H and O–H groups in total. The van der Waals surface area contributed by atoms with Gasteiger partial charge in [-0.3, -0.25) is 4.79 Å². The van der Waals surface area contributed by atoms with E-state index in [2.05, 4.69) is 5.32 Å². The van der Waals surface area contributed by atoms with E-state index in [0.29, 0.717) is 5.69 Å². The maximum atomic E-state index is 12.6. The van der Waals surface area contributed by atoms with Crippen LogP contribution < -0.4 is 5.32 Å². The fourth-order valence-corrected chi connectivity index (χ4v) is 3.92. The van der Waals surface area contributed by atoms with Crippen LogP contribution in [-0.4, -0.2) is 32.2 Å². The van der Waals surface area contributed by atoms with Crippen LogP contribution in [0.5, 0.6) is 0 Å². The van der Waals surface area contributed by atoms with Crippen molar-refractivity contribution in [3.05, 3.63) is 58.7 Å². The number of nitrogens with one attached hydrogen (secondary N) is 1. The Balaban J connectivity index is 2.17. The second kappa shape index (κ2) is 7.68. The summed E-state index contributed by atoms with van der Waals surface area (Å²) in [5.74, 6) is -0.428. The molecule has 0 radical (unpaired) electrons. The summed E-state index contributed by atoms with van der Waals surface area (Å²) in [6.07, 6.45) is 0. The maximum absolute atomic E-state index is 12.6. The fourth-order valence-electron chi connectivity index (χ4n) is 2.75. The van der Waals surface area contributed by atoms with Gasteiger partial charge < -0.3 is 5.32 Å². The van der Waals surface area contributed by atoms with Crippen molar-refractivity contribution >= 4 is 21.6 Å². The van der Waals surface area contributed by atoms with Gasteiger partial charge in [-0.25, -0.2) is 8.42 Å². The first-order valence-electron chi connectivity index (χ1n) is 7.99. The quantitative estimate of drug-likeness (QED) is 0.875. The van der Waals surface area contributed by atoms with Gasteiger partial charge in [-0.05, 0) is 50.1 Å². The minimum atomic E-state index is -3.86. The molecule has 2 rings (SSSR count). The van der Waals surface area contributed by atoms with Gasteiger partial charge in [0.2, 0.25) is 15.9 Å². The van der Waals surface area contributed by atoms with Gasteiger partial charge in [0.25, 0.3) is 0 Å². The molecular formula is C19H21N3O3S. The molecule has 0 heterocycles. The number of rotatable bonds is 5. The molecule has 6 nitrogen and oxygen atoms in total. The van der Waals surface area contributed by atoms with E-state index in [4.69, 9.17) is 5.26 Å². The molecule has 0 aliphatic heterocycles. The number of hydrogen-bond donors (Lipinski definition) is 1. The number of carbonyl (C=O) groups is 1. The zero-order valence-electron chi connectivity index (χ0n) is 15.2. The highest BCUT2D eigenvalue weighted by Crippen LogP contribution is 2.22. The third kappa shape index (κ3) is 4.28. The third-order valence-corrected chi connectivity index (χ3v) is 5.78. The zero-order chi connectivity index (χ0) is 19.5. The molecule has 0 bridgehead atoms. The number of aryl methyl sites for hydroxylation is 3. The summed E-state index contributed by atoms with van der Waals surface area (Å²) in [5.41, 5.74) is 3.87. The topological polar surface area (TPSA) is 90.3 Å². The Bertz CT molecular complexity index is 968. The summed E-state index contributed by atoms with van der Waals surface area (Å²) in [5, 5.41) is 11.7. The normalized spacial score (nSPS) is 11.2. The molecule has 0 atom stereocenters. The highest BCUT2D eigenvalue weighted by molar-refractivity contribution is 7.89. The van der Waals surface area contributed by atoms with Crippen molar-refractivity contribution < 1.29 is 13.2 Å². The van der Waals surface area contributed by atoms with Gasteiger partial charge in [-0.2, -0.15) is 9.57 Å². The van der Waals surface area contributed by atoms with Crippen LogP contribution in [-0.2, 0) is 14.8 Å². The van der Waals surface area contributed by atoms with E-state index in [9.17, 15) is 13.2 Å². The number of anilines is 1. The van der Waals surface area contributed by atoms with Gasteiger partial charge in [-0.1, -0.05) is 23.8 Å². The van der Waals surface area contributed by atoms with Crippen LogP contribution in [0.15, 0.2) is 41.3 Å². The van der Waals surface area contributed by atoms with E-state index in [0.717, 1.165) is 21.0 Å². The minimum absolute atomic E-state index is 0.0189. The summed E-state index contributed by atoms with van der Waals surface area (Å²) in [6.45, 7) is 5.43. The first kappa shape index (κ1) is 19.6. The van der Waals surface area contributed by atoms with Crippen molar-refractivity contribution in [2.75, 3.05) is 18.9 Å². The van der Waals surface area contributed by atoms with Crippen LogP contribution in [0.2, 0.25) is 0 Å². The molecule has 0 aliphatic rings. The number of hydrogen-bond acceptors (Lipinski definition) is 4. The molecule has 0 spiro atoms. The average molecular weight is 371 g/mol. The maximum Gasteiger partial charge on any atom is 0.243 e. The van der Waals surface area contributed by atoms with Crippen molar-refractivity contribution in [3.8, 4) is 6.07 Å². The number of carbonyl (C=O) groups excluding carboxylic acids is 1. The van der Waals surface area contributed by atoms with Crippen molar-refractivity contribution in [2.24, 2.45) is 0 Å². The Morgan fingerprint density at radius 2 is 1.77 bits per heavy atom. The van der Waals surface area contributed by atoms with Crippen LogP contribution >= 0.6 is 0 Å². The first-order valence-corrected chi connectivity index (χ1v) is 9.43. The third-order valence-electron chi connectivity index (χ3n) is 3.98. The van der Waals surface area contributed by atoms with Crippen molar-refractivity contribution in [2.45, 2.75) is 25.7 Å². The Morgan fingerprint density at radius 3 is 2.35 bits per heavy atom. The lowest BCUT2D eigenvalue weighted by Gasteiger charge is -2.18. The molecular weight excluding hydrogens is 350 g/mol. The summed E-state index contributed by atoms with van der Waals surface area (Å²) in [6, 6.07) is 11.5. The second-order valence-corrected chi connectivity index (χ2v) is 8.27. The SMILES string of the molecule is Cc1cc(C)c(NC(=O)CN(C)S(=O)(=O)c2cccc(C#N)c2)c(C)c1. The van der Waals surface area contributed by atoms with Gasteiger partial charge >= 0.3 is 0 Å². The van der Waals surface area contributed by atoms with Gasteiger partial charge in [0.1, 0.15) is 0 Å². The lowest BCUT2D eigenvalue weighted by molar-refractivity contribution is -0.116. The number of nitriles is 1. The monoisotopic (exact) mass is 371 g/mol. The predicted octanol–water partition coefficient (Wildman–Crippen LogP) is 2.74. The highest BCUT2D eigenvalue weighted by atomic mass is 32.2. The van der Waals surface area contributed by atoms with E-state index in [1.807, 2.05) is 39.0 Å². The minimum Gasteiger partial charge on any atom is -0.324 e. The Kier molecular flexibility index (Phi) is 5.80.